The Bertz CT molecular complexity index is 698. The molecule has 7 nitrogen and oxygen atoms in total. The maximum atomic E-state index is 11.9. The van der Waals surface area contributed by atoms with Crippen LogP contribution in [0.4, 0.5) is 17.2 Å². The largest absolute Gasteiger partial charge is 0.348 e. The Kier molecular flexibility index (Phi) is 5.83. The lowest BCUT2D eigenvalue weighted by atomic mass is 10.2. The Morgan fingerprint density at radius 2 is 1.71 bits per heavy atom. The molecule has 7 heteroatoms. The molecule has 0 aliphatic carbocycles. The van der Waals surface area contributed by atoms with Gasteiger partial charge >= 0.3 is 0 Å². The zero-order chi connectivity index (χ0) is 17.5. The van der Waals surface area contributed by atoms with E-state index >= 15 is 0 Å². The zero-order valence-electron chi connectivity index (χ0n) is 14.0. The summed E-state index contributed by atoms with van der Waals surface area (Å²) in [5, 5.41) is 16.6. The normalized spacial score (nSPS) is 11.5. The van der Waals surface area contributed by atoms with Gasteiger partial charge in [0.15, 0.2) is 11.5 Å². The molecule has 0 aliphatic heterocycles. The fourth-order valence-electron chi connectivity index (χ4n) is 1.91. The van der Waals surface area contributed by atoms with Gasteiger partial charge in [0.25, 0.3) is 5.91 Å². The first-order chi connectivity index (χ1) is 11.5. The minimum atomic E-state index is -0.233. The second kappa shape index (κ2) is 8.05. The van der Waals surface area contributed by atoms with Crippen LogP contribution in [0.25, 0.3) is 0 Å². The Hall–Kier alpha value is -2.96. The van der Waals surface area contributed by atoms with E-state index in [1.54, 1.807) is 24.3 Å². The van der Waals surface area contributed by atoms with Crippen LogP contribution in [-0.2, 0) is 4.79 Å². The molecule has 0 saturated carbocycles. The molecule has 0 radical (unpaired) electrons. The van der Waals surface area contributed by atoms with Crippen LogP contribution in [0.15, 0.2) is 36.4 Å². The van der Waals surface area contributed by atoms with Gasteiger partial charge in [-0.2, -0.15) is 0 Å². The molecule has 0 fully saturated rings. The van der Waals surface area contributed by atoms with Crippen LogP contribution in [0.5, 0.6) is 0 Å². The van der Waals surface area contributed by atoms with Crippen molar-refractivity contribution < 1.29 is 9.59 Å². The summed E-state index contributed by atoms with van der Waals surface area (Å²) >= 11 is 0. The number of benzene rings is 1. The Morgan fingerprint density at radius 1 is 1.04 bits per heavy atom. The molecule has 0 spiro atoms. The Morgan fingerprint density at radius 3 is 2.25 bits per heavy atom. The molecule has 0 saturated heterocycles. The topological polar surface area (TPSA) is 96.0 Å². The van der Waals surface area contributed by atoms with Gasteiger partial charge in [-0.1, -0.05) is 6.92 Å². The molecule has 126 valence electrons. The molecule has 2 amide bonds. The van der Waals surface area contributed by atoms with E-state index in [0.717, 1.165) is 17.8 Å². The number of hydrogen-bond acceptors (Lipinski definition) is 5. The van der Waals surface area contributed by atoms with Crippen LogP contribution in [-0.4, -0.2) is 28.1 Å². The van der Waals surface area contributed by atoms with Crippen molar-refractivity contribution in [2.45, 2.75) is 33.2 Å². The van der Waals surface area contributed by atoms with E-state index in [1.807, 2.05) is 26.0 Å². The molecule has 3 N–H and O–H groups in total. The molecule has 1 aromatic carbocycles. The van der Waals surface area contributed by atoms with Gasteiger partial charge in [0, 0.05) is 24.3 Å². The molecular weight excluding hydrogens is 306 g/mol. The average Bonchev–Trinajstić information content (AvgIpc) is 2.56. The average molecular weight is 327 g/mol. The lowest BCUT2D eigenvalue weighted by molar-refractivity contribution is -0.114. The van der Waals surface area contributed by atoms with Gasteiger partial charge in [0.05, 0.1) is 0 Å². The molecular formula is C17H21N5O2. The Balaban J connectivity index is 1.98. The molecule has 1 heterocycles. The van der Waals surface area contributed by atoms with Crippen molar-refractivity contribution in [3.63, 3.8) is 0 Å². The van der Waals surface area contributed by atoms with Crippen molar-refractivity contribution in [2.75, 3.05) is 10.6 Å². The summed E-state index contributed by atoms with van der Waals surface area (Å²) in [5.74, 6) is 0.179. The highest BCUT2D eigenvalue weighted by Crippen LogP contribution is 2.17. The van der Waals surface area contributed by atoms with E-state index in [9.17, 15) is 9.59 Å². The van der Waals surface area contributed by atoms with E-state index < -0.39 is 0 Å². The monoisotopic (exact) mass is 327 g/mol. The molecule has 1 atom stereocenters. The number of amides is 2. The maximum Gasteiger partial charge on any atom is 0.272 e. The summed E-state index contributed by atoms with van der Waals surface area (Å²) in [5.41, 5.74) is 1.80. The summed E-state index contributed by atoms with van der Waals surface area (Å²) in [4.78, 5) is 22.9. The molecule has 0 bridgehead atoms. The SMILES string of the molecule is CCC(C)NC(=O)c1ccc(Nc2ccc(NC(C)=O)cc2)nn1. The summed E-state index contributed by atoms with van der Waals surface area (Å²) in [7, 11) is 0. The lowest BCUT2D eigenvalue weighted by Crippen LogP contribution is -2.32. The fraction of sp³-hybridized carbons (Fsp3) is 0.294. The minimum Gasteiger partial charge on any atom is -0.348 e. The molecule has 2 rings (SSSR count). The van der Waals surface area contributed by atoms with Crippen LogP contribution in [0.2, 0.25) is 0 Å². The molecule has 0 aliphatic rings. The predicted molar refractivity (Wildman–Crippen MR) is 93.3 cm³/mol. The Labute approximate surface area is 140 Å². The van der Waals surface area contributed by atoms with Crippen LogP contribution in [0.1, 0.15) is 37.7 Å². The number of nitrogens with one attached hydrogen (secondary N) is 3. The third kappa shape index (κ3) is 5.05. The molecule has 1 unspecified atom stereocenters. The second-order valence-electron chi connectivity index (χ2n) is 5.47. The quantitative estimate of drug-likeness (QED) is 0.758. The second-order valence-corrected chi connectivity index (χ2v) is 5.47. The van der Waals surface area contributed by atoms with Crippen molar-refractivity contribution >= 4 is 29.0 Å². The highest BCUT2D eigenvalue weighted by Gasteiger charge is 2.10. The van der Waals surface area contributed by atoms with Gasteiger partial charge in [0.1, 0.15) is 0 Å². The van der Waals surface area contributed by atoms with Gasteiger partial charge in [-0.05, 0) is 49.7 Å². The third-order valence-corrected chi connectivity index (χ3v) is 3.36. The van der Waals surface area contributed by atoms with E-state index in [2.05, 4.69) is 26.1 Å². The number of rotatable bonds is 6. The van der Waals surface area contributed by atoms with Crippen molar-refractivity contribution in [1.29, 1.82) is 0 Å². The van der Waals surface area contributed by atoms with Crippen LogP contribution in [0.3, 0.4) is 0 Å². The highest BCUT2D eigenvalue weighted by molar-refractivity contribution is 5.92. The summed E-state index contributed by atoms with van der Waals surface area (Å²) in [6.45, 7) is 5.40. The van der Waals surface area contributed by atoms with Crippen molar-refractivity contribution in [3.8, 4) is 0 Å². The first kappa shape index (κ1) is 17.4. The lowest BCUT2D eigenvalue weighted by Gasteiger charge is -2.11. The number of hydrogen-bond donors (Lipinski definition) is 3. The summed E-state index contributed by atoms with van der Waals surface area (Å²) < 4.78 is 0. The minimum absolute atomic E-state index is 0.0965. The molecule has 1 aromatic heterocycles. The number of aromatic nitrogens is 2. The predicted octanol–water partition coefficient (Wildman–Crippen LogP) is 2.71. The van der Waals surface area contributed by atoms with E-state index in [4.69, 9.17) is 0 Å². The zero-order valence-corrected chi connectivity index (χ0v) is 14.0. The third-order valence-electron chi connectivity index (χ3n) is 3.36. The number of anilines is 3. The number of carbonyl (C=O) groups is 2. The van der Waals surface area contributed by atoms with Gasteiger partial charge in [-0.25, -0.2) is 0 Å². The van der Waals surface area contributed by atoms with Gasteiger partial charge < -0.3 is 16.0 Å². The first-order valence-corrected chi connectivity index (χ1v) is 7.77. The van der Waals surface area contributed by atoms with Crippen molar-refractivity contribution in [3.05, 3.63) is 42.1 Å². The number of carbonyl (C=O) groups excluding carboxylic acids is 2. The van der Waals surface area contributed by atoms with E-state index in [-0.39, 0.29) is 23.6 Å². The van der Waals surface area contributed by atoms with Crippen LogP contribution in [0, 0.1) is 0 Å². The van der Waals surface area contributed by atoms with E-state index in [1.165, 1.54) is 6.92 Å². The number of nitrogens with zero attached hydrogens (tertiary/aromatic N) is 2. The maximum absolute atomic E-state index is 11.9. The van der Waals surface area contributed by atoms with E-state index in [0.29, 0.717) is 5.82 Å². The van der Waals surface area contributed by atoms with Gasteiger partial charge in [0.2, 0.25) is 5.91 Å². The highest BCUT2D eigenvalue weighted by atomic mass is 16.2. The molecule has 24 heavy (non-hydrogen) atoms. The standard InChI is InChI=1S/C17H21N5O2/c1-4-11(2)18-17(24)15-9-10-16(22-21-15)20-14-7-5-13(6-8-14)19-12(3)23/h5-11H,4H2,1-3H3,(H,18,24)(H,19,23)(H,20,22). The molecule has 2 aromatic rings. The van der Waals surface area contributed by atoms with Gasteiger partial charge in [-0.15, -0.1) is 10.2 Å². The van der Waals surface area contributed by atoms with Crippen LogP contribution < -0.4 is 16.0 Å². The fourth-order valence-corrected chi connectivity index (χ4v) is 1.91. The van der Waals surface area contributed by atoms with Crippen molar-refractivity contribution in [2.24, 2.45) is 0 Å². The first-order valence-electron chi connectivity index (χ1n) is 7.77. The summed E-state index contributed by atoms with van der Waals surface area (Å²) in [6, 6.07) is 10.6. The van der Waals surface area contributed by atoms with Gasteiger partial charge in [-0.3, -0.25) is 9.59 Å². The van der Waals surface area contributed by atoms with Crippen LogP contribution >= 0.6 is 0 Å². The smallest absolute Gasteiger partial charge is 0.272 e. The van der Waals surface area contributed by atoms with Crippen molar-refractivity contribution in [1.82, 2.24) is 15.5 Å². The summed E-state index contributed by atoms with van der Waals surface area (Å²) in [6.07, 6.45) is 0.854.